The molecule has 0 aliphatic carbocycles. The molecule has 0 bridgehead atoms. The van der Waals surface area contributed by atoms with Gasteiger partial charge in [-0.3, -0.25) is 0 Å². The summed E-state index contributed by atoms with van der Waals surface area (Å²) in [5, 5.41) is 3.60. The summed E-state index contributed by atoms with van der Waals surface area (Å²) in [6.07, 6.45) is 0.726. The summed E-state index contributed by atoms with van der Waals surface area (Å²) in [6, 6.07) is 5.47. The zero-order valence-electron chi connectivity index (χ0n) is 16.8. The Labute approximate surface area is 173 Å². The van der Waals surface area contributed by atoms with Crippen molar-refractivity contribution in [2.75, 3.05) is 32.1 Å². The van der Waals surface area contributed by atoms with E-state index in [0.29, 0.717) is 41.2 Å². The standard InChI is InChI=1S/C19H24N4O5S/c1-19(2,3)28-18(25)23-8-9-27-13(11-23)12-6-5-7-15(21-12)22-17-20-10-14(29-17)16(24)26-4/h5-7,10,13H,8-9,11H2,1-4H3,(H,20,21,22). The van der Waals surface area contributed by atoms with E-state index < -0.39 is 11.6 Å². The van der Waals surface area contributed by atoms with Crippen LogP contribution in [-0.4, -0.2) is 59.3 Å². The second-order valence-corrected chi connectivity index (χ2v) is 8.41. The molecule has 0 saturated carbocycles. The van der Waals surface area contributed by atoms with Gasteiger partial charge in [0.05, 0.1) is 32.2 Å². The molecule has 2 aromatic rings. The SMILES string of the molecule is COC(=O)c1cnc(Nc2cccc(C3CN(C(=O)OC(C)(C)C)CCO3)n2)s1. The average Bonchev–Trinajstić information content (AvgIpc) is 3.15. The van der Waals surface area contributed by atoms with E-state index in [1.165, 1.54) is 24.6 Å². The van der Waals surface area contributed by atoms with Crippen LogP contribution in [0.1, 0.15) is 42.2 Å². The van der Waals surface area contributed by atoms with Gasteiger partial charge in [-0.25, -0.2) is 19.6 Å². The number of esters is 1. The van der Waals surface area contributed by atoms with Crippen LogP contribution in [0.2, 0.25) is 0 Å². The third-order valence-corrected chi connectivity index (χ3v) is 4.84. The number of amides is 1. The van der Waals surface area contributed by atoms with Crippen LogP contribution in [-0.2, 0) is 14.2 Å². The number of aromatic nitrogens is 2. The highest BCUT2D eigenvalue weighted by Crippen LogP contribution is 2.26. The summed E-state index contributed by atoms with van der Waals surface area (Å²) in [5.74, 6) is 0.126. The maximum absolute atomic E-state index is 12.4. The molecule has 1 unspecified atom stereocenters. The van der Waals surface area contributed by atoms with Gasteiger partial charge in [-0.2, -0.15) is 0 Å². The first-order valence-corrected chi connectivity index (χ1v) is 9.94. The van der Waals surface area contributed by atoms with Crippen molar-refractivity contribution in [2.24, 2.45) is 0 Å². The predicted molar refractivity (Wildman–Crippen MR) is 107 cm³/mol. The van der Waals surface area contributed by atoms with Crippen LogP contribution >= 0.6 is 11.3 Å². The van der Waals surface area contributed by atoms with Gasteiger partial charge in [-0.05, 0) is 32.9 Å². The number of methoxy groups -OCH3 is 1. The van der Waals surface area contributed by atoms with Crippen LogP contribution in [0.3, 0.4) is 0 Å². The van der Waals surface area contributed by atoms with Gasteiger partial charge in [0.25, 0.3) is 0 Å². The summed E-state index contributed by atoms with van der Waals surface area (Å²) in [7, 11) is 1.32. The highest BCUT2D eigenvalue weighted by atomic mass is 32.1. The fourth-order valence-electron chi connectivity index (χ4n) is 2.66. The van der Waals surface area contributed by atoms with Crippen molar-refractivity contribution in [1.29, 1.82) is 0 Å². The van der Waals surface area contributed by atoms with E-state index in [2.05, 4.69) is 20.0 Å². The van der Waals surface area contributed by atoms with E-state index in [0.717, 1.165) is 0 Å². The zero-order valence-corrected chi connectivity index (χ0v) is 17.6. The number of nitrogens with one attached hydrogen (secondary N) is 1. The lowest BCUT2D eigenvalue weighted by atomic mass is 10.2. The molecule has 1 aliphatic heterocycles. The van der Waals surface area contributed by atoms with Crippen molar-refractivity contribution in [3.63, 3.8) is 0 Å². The first-order chi connectivity index (χ1) is 13.7. The molecule has 1 N–H and O–H groups in total. The molecule has 0 radical (unpaired) electrons. The minimum Gasteiger partial charge on any atom is -0.465 e. The third-order valence-electron chi connectivity index (χ3n) is 3.95. The minimum atomic E-state index is -0.552. The van der Waals surface area contributed by atoms with E-state index in [9.17, 15) is 9.59 Å². The van der Waals surface area contributed by atoms with Crippen LogP contribution in [0.5, 0.6) is 0 Å². The van der Waals surface area contributed by atoms with Crippen LogP contribution in [0, 0.1) is 0 Å². The van der Waals surface area contributed by atoms with E-state index in [4.69, 9.17) is 9.47 Å². The number of anilines is 2. The van der Waals surface area contributed by atoms with Gasteiger partial charge in [-0.15, -0.1) is 0 Å². The van der Waals surface area contributed by atoms with Crippen LogP contribution in [0.4, 0.5) is 15.7 Å². The lowest BCUT2D eigenvalue weighted by molar-refractivity contribution is -0.0446. The van der Waals surface area contributed by atoms with Gasteiger partial charge in [0.2, 0.25) is 0 Å². The first-order valence-electron chi connectivity index (χ1n) is 9.13. The molecule has 1 amide bonds. The molecule has 1 fully saturated rings. The number of rotatable bonds is 4. The number of nitrogens with zero attached hydrogens (tertiary/aromatic N) is 3. The fourth-order valence-corrected chi connectivity index (χ4v) is 3.40. The molecule has 9 nitrogen and oxygen atoms in total. The van der Waals surface area contributed by atoms with Gasteiger partial charge in [0.1, 0.15) is 22.4 Å². The Kier molecular flexibility index (Phi) is 6.33. The molecule has 0 aromatic carbocycles. The summed E-state index contributed by atoms with van der Waals surface area (Å²) in [5.41, 5.74) is 0.136. The Balaban J connectivity index is 1.68. The predicted octanol–water partition coefficient (Wildman–Crippen LogP) is 3.38. The van der Waals surface area contributed by atoms with Crippen molar-refractivity contribution in [3.05, 3.63) is 35.0 Å². The maximum atomic E-state index is 12.4. The number of pyridine rings is 1. The topological polar surface area (TPSA) is 103 Å². The Morgan fingerprint density at radius 2 is 2.14 bits per heavy atom. The normalized spacial score (nSPS) is 17.0. The van der Waals surface area contributed by atoms with E-state index in [1.54, 1.807) is 11.0 Å². The molecule has 1 aliphatic rings. The molecule has 3 rings (SSSR count). The lowest BCUT2D eigenvalue weighted by Gasteiger charge is -2.34. The van der Waals surface area contributed by atoms with E-state index in [-0.39, 0.29) is 12.2 Å². The molecule has 2 aromatic heterocycles. The summed E-state index contributed by atoms with van der Waals surface area (Å²) >= 11 is 1.17. The minimum absolute atomic E-state index is 0.356. The highest BCUT2D eigenvalue weighted by molar-refractivity contribution is 7.17. The number of ether oxygens (including phenoxy) is 3. The molecule has 10 heteroatoms. The zero-order chi connectivity index (χ0) is 21.0. The second-order valence-electron chi connectivity index (χ2n) is 7.38. The van der Waals surface area contributed by atoms with Gasteiger partial charge in [0, 0.05) is 6.54 Å². The molecule has 0 spiro atoms. The Bertz CT molecular complexity index is 879. The number of hydrogen-bond donors (Lipinski definition) is 1. The second kappa shape index (κ2) is 8.75. The van der Waals surface area contributed by atoms with Crippen molar-refractivity contribution in [3.8, 4) is 0 Å². The number of hydrogen-bond acceptors (Lipinski definition) is 9. The number of carbonyl (C=O) groups is 2. The molecule has 1 saturated heterocycles. The van der Waals surface area contributed by atoms with Crippen molar-refractivity contribution in [1.82, 2.24) is 14.9 Å². The summed E-state index contributed by atoms with van der Waals surface area (Å²) < 4.78 is 16.0. The molecular formula is C19H24N4O5S. The molecule has 156 valence electrons. The van der Waals surface area contributed by atoms with Gasteiger partial charge >= 0.3 is 12.1 Å². The monoisotopic (exact) mass is 420 g/mol. The Morgan fingerprint density at radius 3 is 2.86 bits per heavy atom. The quantitative estimate of drug-likeness (QED) is 0.751. The van der Waals surface area contributed by atoms with Crippen LogP contribution < -0.4 is 5.32 Å². The van der Waals surface area contributed by atoms with Crippen LogP contribution in [0.15, 0.2) is 24.4 Å². The van der Waals surface area contributed by atoms with E-state index in [1.807, 2.05) is 32.9 Å². The fraction of sp³-hybridized carbons (Fsp3) is 0.474. The largest absolute Gasteiger partial charge is 0.465 e. The summed E-state index contributed by atoms with van der Waals surface area (Å²) in [6.45, 7) is 6.74. The molecular weight excluding hydrogens is 396 g/mol. The highest BCUT2D eigenvalue weighted by Gasteiger charge is 2.29. The number of morpholine rings is 1. The molecule has 3 heterocycles. The number of thiazole rings is 1. The lowest BCUT2D eigenvalue weighted by Crippen LogP contribution is -2.44. The Hall–Kier alpha value is -2.72. The van der Waals surface area contributed by atoms with Crippen molar-refractivity contribution in [2.45, 2.75) is 32.5 Å². The van der Waals surface area contributed by atoms with Crippen LogP contribution in [0.25, 0.3) is 0 Å². The average molecular weight is 420 g/mol. The van der Waals surface area contributed by atoms with Gasteiger partial charge < -0.3 is 24.4 Å². The first kappa shape index (κ1) is 21.0. The van der Waals surface area contributed by atoms with E-state index >= 15 is 0 Å². The molecule has 29 heavy (non-hydrogen) atoms. The Morgan fingerprint density at radius 1 is 1.34 bits per heavy atom. The van der Waals surface area contributed by atoms with Gasteiger partial charge in [-0.1, -0.05) is 17.4 Å². The maximum Gasteiger partial charge on any atom is 0.410 e. The smallest absolute Gasteiger partial charge is 0.410 e. The molecule has 1 atom stereocenters. The van der Waals surface area contributed by atoms with Crippen molar-refractivity contribution < 1.29 is 23.8 Å². The number of carbonyl (C=O) groups excluding carboxylic acids is 2. The van der Waals surface area contributed by atoms with Crippen molar-refractivity contribution >= 4 is 34.3 Å². The third kappa shape index (κ3) is 5.64. The summed E-state index contributed by atoms with van der Waals surface area (Å²) in [4.78, 5) is 34.7. The van der Waals surface area contributed by atoms with Gasteiger partial charge in [0.15, 0.2) is 5.13 Å².